The second kappa shape index (κ2) is 8.53. The van der Waals surface area contributed by atoms with Crippen LogP contribution in [0.25, 0.3) is 0 Å². The molecule has 0 bridgehead atoms. The molecule has 0 heterocycles. The van der Waals surface area contributed by atoms with E-state index in [4.69, 9.17) is 4.74 Å². The summed E-state index contributed by atoms with van der Waals surface area (Å²) in [5.74, 6) is -0.919. The Balaban J connectivity index is 1.61. The first kappa shape index (κ1) is 28.1. The highest BCUT2D eigenvalue weighted by molar-refractivity contribution is 5.80. The Morgan fingerprint density at radius 3 is 2.24 bits per heavy atom. The average Bonchev–Trinajstić information content (AvgIpc) is 2.87. The zero-order valence-corrected chi connectivity index (χ0v) is 24.0. The number of esters is 1. The first-order chi connectivity index (χ1) is 17.6. The fourth-order valence-electron chi connectivity index (χ4n) is 11.0. The Bertz CT molecular complexity index is 1050. The first-order valence-corrected chi connectivity index (χ1v) is 14.6. The largest absolute Gasteiger partial charge is 0.481 e. The number of methoxy groups -OCH3 is 1. The van der Waals surface area contributed by atoms with Crippen molar-refractivity contribution in [1.29, 1.82) is 0 Å². The van der Waals surface area contributed by atoms with Crippen LogP contribution in [0.15, 0.2) is 11.6 Å². The normalized spacial score (nSPS) is 53.9. The monoisotopic (exact) mass is 532 g/mol. The van der Waals surface area contributed by atoms with Crippen LogP contribution >= 0.6 is 0 Å². The van der Waals surface area contributed by atoms with Crippen molar-refractivity contribution < 1.29 is 34.8 Å². The van der Waals surface area contributed by atoms with Gasteiger partial charge in [0.2, 0.25) is 0 Å². The Labute approximate surface area is 227 Å². The van der Waals surface area contributed by atoms with Gasteiger partial charge in [0.05, 0.1) is 36.8 Å². The Morgan fingerprint density at radius 2 is 1.63 bits per heavy atom. The van der Waals surface area contributed by atoms with Gasteiger partial charge in [-0.2, -0.15) is 0 Å². The molecule has 0 saturated heterocycles. The van der Waals surface area contributed by atoms with Gasteiger partial charge in [-0.3, -0.25) is 9.59 Å². The van der Waals surface area contributed by atoms with E-state index in [1.807, 2.05) is 13.8 Å². The lowest BCUT2D eigenvalue weighted by atomic mass is 9.33. The predicted molar refractivity (Wildman–Crippen MR) is 142 cm³/mol. The molecule has 0 aromatic heterocycles. The van der Waals surface area contributed by atoms with E-state index in [1.54, 1.807) is 0 Å². The van der Waals surface area contributed by atoms with E-state index in [9.17, 15) is 30.0 Å². The third kappa shape index (κ3) is 3.24. The van der Waals surface area contributed by atoms with Gasteiger partial charge in [-0.15, -0.1) is 0 Å². The lowest BCUT2D eigenvalue weighted by Gasteiger charge is -2.71. The maximum atomic E-state index is 12.9. The van der Waals surface area contributed by atoms with Crippen molar-refractivity contribution in [3.63, 3.8) is 0 Å². The number of ether oxygens (including phenoxy) is 1. The summed E-state index contributed by atoms with van der Waals surface area (Å²) in [6.07, 6.45) is 6.37. The number of hydrogen-bond acceptors (Lipinski definition) is 6. The van der Waals surface area contributed by atoms with Crippen molar-refractivity contribution in [3.8, 4) is 0 Å². The molecule has 0 aromatic carbocycles. The van der Waals surface area contributed by atoms with Crippen molar-refractivity contribution in [2.75, 3.05) is 13.7 Å². The molecule has 5 rings (SSSR count). The molecule has 214 valence electrons. The summed E-state index contributed by atoms with van der Waals surface area (Å²) in [5, 5.41) is 43.0. The number of carbonyl (C=O) groups is 2. The molecule has 7 heteroatoms. The van der Waals surface area contributed by atoms with E-state index in [-0.39, 0.29) is 46.6 Å². The number of fused-ring (bicyclic) bond motifs is 7. The molecule has 5 aliphatic rings. The molecule has 4 saturated carbocycles. The molecular weight excluding hydrogens is 484 g/mol. The van der Waals surface area contributed by atoms with Crippen LogP contribution in [0.4, 0.5) is 0 Å². The van der Waals surface area contributed by atoms with Crippen LogP contribution in [0.3, 0.4) is 0 Å². The number of carbonyl (C=O) groups excluding carboxylic acids is 1. The van der Waals surface area contributed by atoms with Gasteiger partial charge in [0.15, 0.2) is 0 Å². The van der Waals surface area contributed by atoms with E-state index < -0.39 is 34.4 Å². The molecule has 0 spiro atoms. The van der Waals surface area contributed by atoms with E-state index in [0.29, 0.717) is 32.1 Å². The lowest BCUT2D eigenvalue weighted by Crippen LogP contribution is -2.68. The highest BCUT2D eigenvalue weighted by Crippen LogP contribution is 2.75. The molecule has 4 fully saturated rings. The van der Waals surface area contributed by atoms with Crippen molar-refractivity contribution in [1.82, 2.24) is 0 Å². The minimum Gasteiger partial charge on any atom is -0.481 e. The van der Waals surface area contributed by atoms with Gasteiger partial charge >= 0.3 is 11.9 Å². The summed E-state index contributed by atoms with van der Waals surface area (Å²) in [6.45, 7) is 10.6. The molecular formula is C31H48O7. The number of aliphatic carboxylic acids is 1. The van der Waals surface area contributed by atoms with E-state index in [2.05, 4.69) is 26.8 Å². The SMILES string of the molecule is COC(=O)[C@]1(C)CC[C@@]2(C(=O)O)CC[C@]3(C)C(=CC[C@@H]4[C@]5(C)C[C@@H](O)[C@@H](O)[C@@](C)(CO)[C@H]5CC[C@@]43C)[C@H]2C1. The Morgan fingerprint density at radius 1 is 0.974 bits per heavy atom. The van der Waals surface area contributed by atoms with Crippen LogP contribution in [0, 0.1) is 50.2 Å². The van der Waals surface area contributed by atoms with Crippen molar-refractivity contribution in [3.05, 3.63) is 11.6 Å². The molecule has 11 atom stereocenters. The van der Waals surface area contributed by atoms with Crippen LogP contribution in [0.2, 0.25) is 0 Å². The second-order valence-corrected chi connectivity index (χ2v) is 14.9. The number of allylic oxidation sites excluding steroid dienone is 2. The van der Waals surface area contributed by atoms with Crippen LogP contribution in [0.5, 0.6) is 0 Å². The minimum absolute atomic E-state index is 0.0778. The van der Waals surface area contributed by atoms with Gasteiger partial charge in [-0.05, 0) is 98.7 Å². The quantitative estimate of drug-likeness (QED) is 0.315. The van der Waals surface area contributed by atoms with Gasteiger partial charge in [-0.1, -0.05) is 39.3 Å². The fourth-order valence-corrected chi connectivity index (χ4v) is 11.0. The van der Waals surface area contributed by atoms with Gasteiger partial charge in [0.1, 0.15) is 0 Å². The molecule has 0 unspecified atom stereocenters. The third-order valence-electron chi connectivity index (χ3n) is 13.6. The number of hydrogen-bond donors (Lipinski definition) is 4. The standard InChI is InChI=1S/C31H48O7/c1-26(25(37)38-6)11-13-31(24(35)36)14-12-29(4)18(19(31)15-26)7-8-22-27(2)16-20(33)23(34)28(3,17-32)21(27)9-10-30(22,29)5/h7,19-23,32-34H,8-17H2,1-6H3,(H,35,36)/t19-,20-,21+,22-,23-,26-,27-,28+,29-,30+,31-/m1/s1. The van der Waals surface area contributed by atoms with Crippen LogP contribution < -0.4 is 0 Å². The maximum Gasteiger partial charge on any atom is 0.311 e. The van der Waals surface area contributed by atoms with Crippen LogP contribution in [-0.2, 0) is 14.3 Å². The van der Waals surface area contributed by atoms with E-state index >= 15 is 0 Å². The summed E-state index contributed by atoms with van der Waals surface area (Å²) < 4.78 is 5.18. The first-order valence-electron chi connectivity index (χ1n) is 14.6. The van der Waals surface area contributed by atoms with E-state index in [0.717, 1.165) is 25.7 Å². The average molecular weight is 533 g/mol. The Hall–Kier alpha value is -1.44. The minimum atomic E-state index is -0.954. The molecule has 5 aliphatic carbocycles. The third-order valence-corrected chi connectivity index (χ3v) is 13.6. The number of aliphatic hydroxyl groups excluding tert-OH is 3. The molecule has 0 radical (unpaired) electrons. The highest BCUT2D eigenvalue weighted by atomic mass is 16.5. The number of carboxylic acid groups (broad SMARTS) is 1. The number of rotatable bonds is 3. The summed E-state index contributed by atoms with van der Waals surface area (Å²) in [6, 6.07) is 0. The Kier molecular flexibility index (Phi) is 6.31. The molecule has 0 aromatic rings. The lowest BCUT2D eigenvalue weighted by molar-refractivity contribution is -0.243. The molecule has 38 heavy (non-hydrogen) atoms. The highest BCUT2D eigenvalue weighted by Gasteiger charge is 2.71. The number of carboxylic acids is 1. The van der Waals surface area contributed by atoms with Gasteiger partial charge in [-0.25, -0.2) is 0 Å². The van der Waals surface area contributed by atoms with Crippen molar-refractivity contribution in [2.24, 2.45) is 50.2 Å². The molecule has 4 N–H and O–H groups in total. The predicted octanol–water partition coefficient (Wildman–Crippen LogP) is 4.33. The summed E-state index contributed by atoms with van der Waals surface area (Å²) in [5.41, 5.74) is -1.76. The van der Waals surface area contributed by atoms with Gasteiger partial charge in [0, 0.05) is 5.41 Å². The zero-order valence-electron chi connectivity index (χ0n) is 24.0. The van der Waals surface area contributed by atoms with Crippen molar-refractivity contribution >= 4 is 11.9 Å². The maximum absolute atomic E-state index is 12.9. The van der Waals surface area contributed by atoms with Crippen molar-refractivity contribution in [2.45, 2.75) is 105 Å². The van der Waals surface area contributed by atoms with E-state index in [1.165, 1.54) is 12.7 Å². The molecule has 0 amide bonds. The van der Waals surface area contributed by atoms with Crippen LogP contribution in [-0.4, -0.2) is 58.3 Å². The smallest absolute Gasteiger partial charge is 0.311 e. The second-order valence-electron chi connectivity index (χ2n) is 14.9. The van der Waals surface area contributed by atoms with Gasteiger partial charge < -0.3 is 25.2 Å². The zero-order chi connectivity index (χ0) is 28.1. The van der Waals surface area contributed by atoms with Gasteiger partial charge in [0.25, 0.3) is 0 Å². The van der Waals surface area contributed by atoms with Crippen LogP contribution in [0.1, 0.15) is 92.4 Å². The number of aliphatic hydroxyl groups is 3. The summed E-state index contributed by atoms with van der Waals surface area (Å²) >= 11 is 0. The fraction of sp³-hybridized carbons (Fsp3) is 0.871. The summed E-state index contributed by atoms with van der Waals surface area (Å²) in [7, 11) is 1.41. The molecule has 7 nitrogen and oxygen atoms in total. The topological polar surface area (TPSA) is 124 Å². The molecule has 0 aliphatic heterocycles. The summed E-state index contributed by atoms with van der Waals surface area (Å²) in [4.78, 5) is 25.8.